The van der Waals surface area contributed by atoms with Gasteiger partial charge in [0, 0.05) is 0 Å². The number of aromatic hydroxyl groups is 1. The van der Waals surface area contributed by atoms with Crippen molar-refractivity contribution in [3.63, 3.8) is 0 Å². The average Bonchev–Trinajstić information content (AvgIpc) is 2.21. The molecule has 1 aromatic carbocycles. The minimum absolute atomic E-state index is 0.138. The normalized spacial score (nSPS) is 11.4. The van der Waals surface area contributed by atoms with Crippen molar-refractivity contribution in [2.75, 3.05) is 0 Å². The zero-order chi connectivity index (χ0) is 11.3. The number of unbranched alkanes of at least 4 members (excludes halogenated alkanes) is 1. The first-order valence-electron chi connectivity index (χ1n) is 4.88. The summed E-state index contributed by atoms with van der Waals surface area (Å²) in [6.07, 6.45) is 3.35. The lowest BCUT2D eigenvalue weighted by Gasteiger charge is -2.02. The lowest BCUT2D eigenvalue weighted by molar-refractivity contribution is -0.130. The first kappa shape index (κ1) is 11.3. The minimum Gasteiger partial charge on any atom is -0.508 e. The summed E-state index contributed by atoms with van der Waals surface area (Å²) >= 11 is 0. The summed E-state index contributed by atoms with van der Waals surface area (Å²) in [6.45, 7) is 1.99. The smallest absolute Gasteiger partial charge is 0.335 e. The topological polar surface area (TPSA) is 57.5 Å². The van der Waals surface area contributed by atoms with Gasteiger partial charge in [-0.25, -0.2) is 4.79 Å². The second-order valence-corrected chi connectivity index (χ2v) is 3.26. The average molecular weight is 206 g/mol. The van der Waals surface area contributed by atoms with Crippen molar-refractivity contribution >= 4 is 11.5 Å². The summed E-state index contributed by atoms with van der Waals surface area (Å²) in [4.78, 5) is 11.0. The van der Waals surface area contributed by atoms with Gasteiger partial charge in [-0.15, -0.1) is 0 Å². The number of aliphatic carboxylic acids is 1. The second kappa shape index (κ2) is 5.20. The van der Waals surface area contributed by atoms with Gasteiger partial charge in [0.15, 0.2) is 0 Å². The summed E-state index contributed by atoms with van der Waals surface area (Å²) < 4.78 is 0. The van der Waals surface area contributed by atoms with Gasteiger partial charge in [0.25, 0.3) is 0 Å². The van der Waals surface area contributed by atoms with E-state index in [1.165, 1.54) is 12.1 Å². The molecule has 1 rings (SSSR count). The number of hydrogen-bond acceptors (Lipinski definition) is 2. The van der Waals surface area contributed by atoms with E-state index in [9.17, 15) is 4.79 Å². The highest BCUT2D eigenvalue weighted by atomic mass is 16.4. The number of carboxylic acid groups (broad SMARTS) is 1. The van der Waals surface area contributed by atoms with Gasteiger partial charge in [0.1, 0.15) is 5.75 Å². The molecule has 3 nitrogen and oxygen atoms in total. The Balaban J connectivity index is 2.99. The van der Waals surface area contributed by atoms with Crippen LogP contribution in [0.2, 0.25) is 0 Å². The highest BCUT2D eigenvalue weighted by Crippen LogP contribution is 2.19. The van der Waals surface area contributed by atoms with E-state index >= 15 is 0 Å². The van der Waals surface area contributed by atoms with Gasteiger partial charge in [-0.3, -0.25) is 0 Å². The predicted molar refractivity (Wildman–Crippen MR) is 58.6 cm³/mol. The van der Waals surface area contributed by atoms with E-state index in [0.29, 0.717) is 5.56 Å². The lowest BCUT2D eigenvalue weighted by atomic mass is 10.0. The molecule has 0 bridgehead atoms. The van der Waals surface area contributed by atoms with Gasteiger partial charge in [-0.05, 0) is 24.1 Å². The third-order valence-corrected chi connectivity index (χ3v) is 2.05. The molecule has 0 saturated carbocycles. The molecular formula is C12H14O3. The minimum atomic E-state index is -0.936. The lowest BCUT2D eigenvalue weighted by Crippen LogP contribution is -1.99. The van der Waals surface area contributed by atoms with Gasteiger partial charge in [-0.2, -0.15) is 0 Å². The first-order chi connectivity index (χ1) is 7.15. The molecule has 2 N–H and O–H groups in total. The highest BCUT2D eigenvalue weighted by Gasteiger charge is 2.09. The maximum Gasteiger partial charge on any atom is 0.335 e. The monoisotopic (exact) mass is 206 g/mol. The summed E-state index contributed by atoms with van der Waals surface area (Å²) in [6, 6.07) is 6.17. The van der Waals surface area contributed by atoms with Crippen molar-refractivity contribution in [1.82, 2.24) is 0 Å². The Labute approximate surface area is 88.7 Å². The number of hydrogen-bond donors (Lipinski definition) is 2. The maximum absolute atomic E-state index is 11.0. The van der Waals surface area contributed by atoms with Gasteiger partial charge < -0.3 is 10.2 Å². The number of allylic oxidation sites excluding steroid dienone is 1. The Morgan fingerprint density at radius 3 is 2.40 bits per heavy atom. The van der Waals surface area contributed by atoms with Crippen LogP contribution in [0.4, 0.5) is 0 Å². The van der Waals surface area contributed by atoms with Crippen molar-refractivity contribution in [2.24, 2.45) is 0 Å². The van der Waals surface area contributed by atoms with Crippen molar-refractivity contribution < 1.29 is 15.0 Å². The van der Waals surface area contributed by atoms with Gasteiger partial charge in [0.05, 0.1) is 5.57 Å². The fourth-order valence-electron chi connectivity index (χ4n) is 1.26. The number of rotatable bonds is 4. The molecule has 3 heteroatoms. The molecule has 0 radical (unpaired) electrons. The summed E-state index contributed by atoms with van der Waals surface area (Å²) in [7, 11) is 0. The van der Waals surface area contributed by atoms with E-state index in [1.54, 1.807) is 18.2 Å². The van der Waals surface area contributed by atoms with Crippen LogP contribution in [0.3, 0.4) is 0 Å². The van der Waals surface area contributed by atoms with Gasteiger partial charge >= 0.3 is 5.97 Å². The van der Waals surface area contributed by atoms with E-state index in [2.05, 4.69) is 0 Å². The van der Waals surface area contributed by atoms with E-state index in [-0.39, 0.29) is 11.3 Å². The number of carboxylic acids is 1. The molecule has 0 aliphatic carbocycles. The maximum atomic E-state index is 11.0. The van der Waals surface area contributed by atoms with Crippen LogP contribution in [-0.2, 0) is 4.79 Å². The molecule has 0 spiro atoms. The zero-order valence-electron chi connectivity index (χ0n) is 8.60. The van der Waals surface area contributed by atoms with E-state index in [4.69, 9.17) is 10.2 Å². The SMILES string of the molecule is CCCC=C(C(=O)O)c1ccc(O)cc1. The standard InChI is InChI=1S/C12H14O3/c1-2-3-4-11(12(14)15)9-5-7-10(13)8-6-9/h4-8,13H,2-3H2,1H3,(H,14,15). The van der Waals surface area contributed by atoms with E-state index in [0.717, 1.165) is 12.8 Å². The van der Waals surface area contributed by atoms with Gasteiger partial charge in [0.2, 0.25) is 0 Å². The summed E-state index contributed by atoms with van der Waals surface area (Å²) in [5.74, 6) is -0.798. The molecule has 0 amide bonds. The first-order valence-corrected chi connectivity index (χ1v) is 4.88. The highest BCUT2D eigenvalue weighted by molar-refractivity contribution is 6.15. The predicted octanol–water partition coefficient (Wildman–Crippen LogP) is 2.66. The molecule has 0 saturated heterocycles. The number of phenolic OH excluding ortho intramolecular Hbond substituents is 1. The van der Waals surface area contributed by atoms with Crippen LogP contribution in [0, 0.1) is 0 Å². The third kappa shape index (κ3) is 3.13. The van der Waals surface area contributed by atoms with Crippen molar-refractivity contribution in [2.45, 2.75) is 19.8 Å². The van der Waals surface area contributed by atoms with E-state index in [1.807, 2.05) is 6.92 Å². The van der Waals surface area contributed by atoms with Crippen LogP contribution >= 0.6 is 0 Å². The molecular weight excluding hydrogens is 192 g/mol. The van der Waals surface area contributed by atoms with Crippen molar-refractivity contribution in [3.05, 3.63) is 35.9 Å². The number of benzene rings is 1. The summed E-state index contributed by atoms with van der Waals surface area (Å²) in [5.41, 5.74) is 0.908. The fraction of sp³-hybridized carbons (Fsp3) is 0.250. The van der Waals surface area contributed by atoms with Crippen LogP contribution in [0.5, 0.6) is 5.75 Å². The molecule has 1 aromatic rings. The molecule has 0 heterocycles. The van der Waals surface area contributed by atoms with Crippen LogP contribution in [-0.4, -0.2) is 16.2 Å². The molecule has 0 fully saturated rings. The van der Waals surface area contributed by atoms with Gasteiger partial charge in [-0.1, -0.05) is 31.6 Å². The second-order valence-electron chi connectivity index (χ2n) is 3.26. The Morgan fingerprint density at radius 1 is 1.33 bits per heavy atom. The molecule has 80 valence electrons. The van der Waals surface area contributed by atoms with Crippen LogP contribution in [0.1, 0.15) is 25.3 Å². The Bertz CT molecular complexity index is 363. The molecule has 0 aromatic heterocycles. The van der Waals surface area contributed by atoms with E-state index < -0.39 is 5.97 Å². The quantitative estimate of drug-likeness (QED) is 0.744. The van der Waals surface area contributed by atoms with Crippen molar-refractivity contribution in [1.29, 1.82) is 0 Å². The van der Waals surface area contributed by atoms with Crippen LogP contribution in [0.25, 0.3) is 5.57 Å². The summed E-state index contributed by atoms with van der Waals surface area (Å²) in [5, 5.41) is 18.1. The number of carbonyl (C=O) groups is 1. The fourth-order valence-corrected chi connectivity index (χ4v) is 1.26. The molecule has 15 heavy (non-hydrogen) atoms. The van der Waals surface area contributed by atoms with Crippen LogP contribution < -0.4 is 0 Å². The largest absolute Gasteiger partial charge is 0.508 e. The molecule has 0 unspecified atom stereocenters. The zero-order valence-corrected chi connectivity index (χ0v) is 8.60. The molecule has 0 aliphatic rings. The third-order valence-electron chi connectivity index (χ3n) is 2.05. The Hall–Kier alpha value is -1.77. The Morgan fingerprint density at radius 2 is 1.93 bits per heavy atom. The molecule has 0 atom stereocenters. The molecule has 0 aliphatic heterocycles. The Kier molecular flexibility index (Phi) is 3.92. The van der Waals surface area contributed by atoms with Crippen LogP contribution in [0.15, 0.2) is 30.3 Å². The van der Waals surface area contributed by atoms with Crippen molar-refractivity contribution in [3.8, 4) is 5.75 Å². The number of phenols is 1.